The maximum absolute atomic E-state index is 12.4. The Balaban J connectivity index is 1.58. The number of aromatic hydroxyl groups is 1. The monoisotopic (exact) mass is 327 g/mol. The lowest BCUT2D eigenvalue weighted by molar-refractivity contribution is 0.103. The molecule has 4 rings (SSSR count). The summed E-state index contributed by atoms with van der Waals surface area (Å²) in [6.45, 7) is 0.556. The minimum absolute atomic E-state index is 0.0155. The molecule has 1 heterocycles. The number of aromatic nitrogens is 1. The second-order valence-electron chi connectivity index (χ2n) is 6.06. The Kier molecular flexibility index (Phi) is 3.82. The van der Waals surface area contributed by atoms with Crippen LogP contribution in [0.25, 0.3) is 10.8 Å². The van der Waals surface area contributed by atoms with Crippen LogP contribution in [0.5, 0.6) is 5.88 Å². The number of ketones is 1. The zero-order chi connectivity index (χ0) is 17.2. The van der Waals surface area contributed by atoms with Gasteiger partial charge in [0, 0.05) is 28.1 Å². The third-order valence-electron chi connectivity index (χ3n) is 4.37. The van der Waals surface area contributed by atoms with E-state index in [1.54, 1.807) is 0 Å². The van der Waals surface area contributed by atoms with E-state index in [0.717, 1.165) is 16.3 Å². The molecule has 122 valence electrons. The number of fused-ring (bicyclic) bond motifs is 1. The third kappa shape index (κ3) is 2.92. The van der Waals surface area contributed by atoms with Gasteiger partial charge >= 0.3 is 0 Å². The number of hydrogen-bond acceptors (Lipinski definition) is 2. The van der Waals surface area contributed by atoms with Crippen molar-refractivity contribution < 1.29 is 9.90 Å². The largest absolute Gasteiger partial charge is 0.494 e. The SMILES string of the molecule is O=C(c1ccccc1)c1ccc(Cn2cc3ccccc3c2O)cc1. The molecule has 0 aliphatic rings. The van der Waals surface area contributed by atoms with Crippen LogP contribution in [0.15, 0.2) is 85.1 Å². The Morgan fingerprint density at radius 1 is 0.800 bits per heavy atom. The highest BCUT2D eigenvalue weighted by molar-refractivity contribution is 6.08. The van der Waals surface area contributed by atoms with E-state index in [9.17, 15) is 9.90 Å². The summed E-state index contributed by atoms with van der Waals surface area (Å²) in [6, 6.07) is 24.5. The Morgan fingerprint density at radius 2 is 1.44 bits per heavy atom. The summed E-state index contributed by atoms with van der Waals surface area (Å²) in [5.41, 5.74) is 2.38. The first-order valence-corrected chi connectivity index (χ1v) is 8.18. The van der Waals surface area contributed by atoms with E-state index >= 15 is 0 Å². The normalized spacial score (nSPS) is 10.9. The Morgan fingerprint density at radius 3 is 2.16 bits per heavy atom. The fourth-order valence-electron chi connectivity index (χ4n) is 3.03. The summed E-state index contributed by atoms with van der Waals surface area (Å²) in [6.07, 6.45) is 1.94. The molecule has 0 aliphatic carbocycles. The van der Waals surface area contributed by atoms with Crippen LogP contribution in [0.1, 0.15) is 21.5 Å². The Bertz CT molecular complexity index is 1030. The first-order chi connectivity index (χ1) is 12.2. The van der Waals surface area contributed by atoms with Crippen LogP contribution in [-0.4, -0.2) is 15.5 Å². The van der Waals surface area contributed by atoms with E-state index in [4.69, 9.17) is 0 Å². The summed E-state index contributed by atoms with van der Waals surface area (Å²) in [5.74, 6) is 0.279. The molecule has 4 aromatic rings. The van der Waals surface area contributed by atoms with Gasteiger partial charge in [-0.1, -0.05) is 72.8 Å². The molecule has 0 spiro atoms. The van der Waals surface area contributed by atoms with Crippen LogP contribution < -0.4 is 0 Å². The van der Waals surface area contributed by atoms with Gasteiger partial charge in [-0.3, -0.25) is 4.79 Å². The molecule has 3 aromatic carbocycles. The number of benzene rings is 3. The number of nitrogens with zero attached hydrogens (tertiary/aromatic N) is 1. The molecule has 0 atom stereocenters. The van der Waals surface area contributed by atoms with Gasteiger partial charge in [-0.05, 0) is 11.6 Å². The van der Waals surface area contributed by atoms with E-state index in [1.807, 2.05) is 89.6 Å². The number of rotatable bonds is 4. The zero-order valence-corrected chi connectivity index (χ0v) is 13.6. The van der Waals surface area contributed by atoms with E-state index in [0.29, 0.717) is 17.7 Å². The molecular weight excluding hydrogens is 310 g/mol. The quantitative estimate of drug-likeness (QED) is 0.555. The average molecular weight is 327 g/mol. The predicted molar refractivity (Wildman–Crippen MR) is 99.0 cm³/mol. The molecular formula is C22H17NO2. The highest BCUT2D eigenvalue weighted by atomic mass is 16.3. The molecule has 0 aliphatic heterocycles. The molecule has 3 nitrogen and oxygen atoms in total. The summed E-state index contributed by atoms with van der Waals surface area (Å²) in [5, 5.41) is 12.2. The van der Waals surface area contributed by atoms with Crippen molar-refractivity contribution in [3.05, 3.63) is 102 Å². The number of hydrogen-bond donors (Lipinski definition) is 1. The average Bonchev–Trinajstić information content (AvgIpc) is 2.98. The molecule has 0 unspecified atom stereocenters. The van der Waals surface area contributed by atoms with Crippen LogP contribution in [0.2, 0.25) is 0 Å². The maximum atomic E-state index is 12.4. The molecule has 0 amide bonds. The van der Waals surface area contributed by atoms with Crippen molar-refractivity contribution in [3.63, 3.8) is 0 Å². The zero-order valence-electron chi connectivity index (χ0n) is 13.6. The topological polar surface area (TPSA) is 42.2 Å². The van der Waals surface area contributed by atoms with Crippen molar-refractivity contribution in [2.24, 2.45) is 0 Å². The lowest BCUT2D eigenvalue weighted by atomic mass is 10.0. The van der Waals surface area contributed by atoms with Gasteiger partial charge in [0.25, 0.3) is 0 Å². The van der Waals surface area contributed by atoms with Gasteiger partial charge < -0.3 is 9.67 Å². The minimum atomic E-state index is 0.0155. The van der Waals surface area contributed by atoms with Gasteiger partial charge in [-0.15, -0.1) is 0 Å². The molecule has 3 heteroatoms. The van der Waals surface area contributed by atoms with Crippen LogP contribution >= 0.6 is 0 Å². The predicted octanol–water partition coefficient (Wildman–Crippen LogP) is 4.63. The van der Waals surface area contributed by atoms with Gasteiger partial charge in [0.05, 0.1) is 6.54 Å². The Hall–Kier alpha value is -3.33. The van der Waals surface area contributed by atoms with Crippen molar-refractivity contribution >= 4 is 16.6 Å². The van der Waals surface area contributed by atoms with Crippen molar-refractivity contribution in [3.8, 4) is 5.88 Å². The molecule has 1 aromatic heterocycles. The van der Waals surface area contributed by atoms with E-state index in [1.165, 1.54) is 0 Å². The molecule has 1 N–H and O–H groups in total. The van der Waals surface area contributed by atoms with Crippen LogP contribution in [0.4, 0.5) is 0 Å². The second kappa shape index (κ2) is 6.29. The smallest absolute Gasteiger partial charge is 0.199 e. The van der Waals surface area contributed by atoms with Gasteiger partial charge in [-0.25, -0.2) is 0 Å². The number of carbonyl (C=O) groups is 1. The van der Waals surface area contributed by atoms with Crippen LogP contribution in [0.3, 0.4) is 0 Å². The minimum Gasteiger partial charge on any atom is -0.494 e. The summed E-state index contributed by atoms with van der Waals surface area (Å²) < 4.78 is 1.82. The van der Waals surface area contributed by atoms with E-state index < -0.39 is 0 Å². The lowest BCUT2D eigenvalue weighted by Gasteiger charge is -2.07. The molecule has 0 bridgehead atoms. The molecule has 0 radical (unpaired) electrons. The summed E-state index contributed by atoms with van der Waals surface area (Å²) in [4.78, 5) is 12.4. The molecule has 0 fully saturated rings. The third-order valence-corrected chi connectivity index (χ3v) is 4.37. The van der Waals surface area contributed by atoms with E-state index in [-0.39, 0.29) is 11.7 Å². The van der Waals surface area contributed by atoms with Gasteiger partial charge in [-0.2, -0.15) is 0 Å². The first-order valence-electron chi connectivity index (χ1n) is 8.18. The first kappa shape index (κ1) is 15.2. The molecule has 0 saturated heterocycles. The molecule has 25 heavy (non-hydrogen) atoms. The van der Waals surface area contributed by atoms with Gasteiger partial charge in [0.15, 0.2) is 11.7 Å². The van der Waals surface area contributed by atoms with Gasteiger partial charge in [0.2, 0.25) is 0 Å². The van der Waals surface area contributed by atoms with E-state index in [2.05, 4.69) is 0 Å². The standard InChI is InChI=1S/C22H17NO2/c24-21(17-6-2-1-3-7-17)18-12-10-16(11-13-18)14-23-15-19-8-4-5-9-20(19)22(23)25/h1-13,15,25H,14H2. The summed E-state index contributed by atoms with van der Waals surface area (Å²) in [7, 11) is 0. The number of carbonyl (C=O) groups excluding carboxylic acids is 1. The maximum Gasteiger partial charge on any atom is 0.199 e. The summed E-state index contributed by atoms with van der Waals surface area (Å²) >= 11 is 0. The van der Waals surface area contributed by atoms with Crippen molar-refractivity contribution in [1.82, 2.24) is 4.57 Å². The highest BCUT2D eigenvalue weighted by Gasteiger charge is 2.10. The van der Waals surface area contributed by atoms with Gasteiger partial charge in [0.1, 0.15) is 0 Å². The second-order valence-corrected chi connectivity index (χ2v) is 6.06. The highest BCUT2D eigenvalue weighted by Crippen LogP contribution is 2.27. The Labute approximate surface area is 145 Å². The molecule has 0 saturated carbocycles. The fourth-order valence-corrected chi connectivity index (χ4v) is 3.03. The van der Waals surface area contributed by atoms with Crippen molar-refractivity contribution in [2.75, 3.05) is 0 Å². The lowest BCUT2D eigenvalue weighted by Crippen LogP contribution is -2.02. The van der Waals surface area contributed by atoms with Crippen molar-refractivity contribution in [2.45, 2.75) is 6.54 Å². The van der Waals surface area contributed by atoms with Crippen LogP contribution in [-0.2, 0) is 6.54 Å². The van der Waals surface area contributed by atoms with Crippen LogP contribution in [0, 0.1) is 0 Å². The fraction of sp³-hybridized carbons (Fsp3) is 0.0455. The van der Waals surface area contributed by atoms with Crippen molar-refractivity contribution in [1.29, 1.82) is 0 Å².